The van der Waals surface area contributed by atoms with Crippen LogP contribution in [0.25, 0.3) is 32.6 Å². The van der Waals surface area contributed by atoms with E-state index in [1.807, 2.05) is 0 Å². The summed E-state index contributed by atoms with van der Waals surface area (Å²) >= 11 is 0. The Labute approximate surface area is 312 Å². The van der Waals surface area contributed by atoms with Gasteiger partial charge >= 0.3 is 0 Å². The van der Waals surface area contributed by atoms with Crippen LogP contribution in [0.1, 0.15) is 151 Å². The summed E-state index contributed by atoms with van der Waals surface area (Å²) in [5.41, 5.74) is 17.4. The number of fused-ring (bicyclic) bond motifs is 2. The maximum absolute atomic E-state index is 2.69. The number of rotatable bonds is 16. The monoisotopic (exact) mass is 690 g/mol. The lowest BCUT2D eigenvalue weighted by atomic mass is 9.94. The van der Waals surface area contributed by atoms with Crippen molar-refractivity contribution in [1.29, 1.82) is 0 Å². The highest BCUT2D eigenvalue weighted by Crippen LogP contribution is 2.54. The largest absolute Gasteiger partial charge is 0.113 e. The minimum absolute atomic E-state index is 0.530. The Kier molecular flexibility index (Phi) is 12.1. The van der Waals surface area contributed by atoms with E-state index in [1.54, 1.807) is 21.5 Å². The van der Waals surface area contributed by atoms with E-state index in [0.29, 0.717) is 11.8 Å². The molecule has 2 aliphatic rings. The van der Waals surface area contributed by atoms with Crippen molar-refractivity contribution in [3.63, 3.8) is 0 Å². The van der Waals surface area contributed by atoms with Crippen molar-refractivity contribution < 1.29 is 0 Å². The predicted octanol–water partition coefficient (Wildman–Crippen LogP) is 15.3. The van der Waals surface area contributed by atoms with Crippen LogP contribution in [0.3, 0.4) is 0 Å². The first-order chi connectivity index (χ1) is 24.6. The molecule has 51 heavy (non-hydrogen) atoms. The molecule has 0 aromatic heterocycles. The van der Waals surface area contributed by atoms with E-state index in [0.717, 1.165) is 0 Å². The SMILES string of the molecule is CCCCCCC1=C([Si](C)(C)C2=C(CCCCCC)[CH]c3cccc(-c4ccc(C(C)C)cc4)c32)c2c(cccc2-c2ccc(C(C)C)cc2)[CH]1. The quantitative estimate of drug-likeness (QED) is 0.0811. The van der Waals surface area contributed by atoms with Gasteiger partial charge in [0.05, 0.1) is 0 Å². The summed E-state index contributed by atoms with van der Waals surface area (Å²) in [4.78, 5) is 0. The van der Waals surface area contributed by atoms with E-state index in [1.165, 1.54) is 120 Å². The van der Waals surface area contributed by atoms with Crippen molar-refractivity contribution in [2.45, 2.75) is 131 Å². The Morgan fingerprint density at radius 2 is 0.863 bits per heavy atom. The number of hydrogen-bond donors (Lipinski definition) is 0. The molecule has 0 saturated heterocycles. The second-order valence-electron chi connectivity index (χ2n) is 16.4. The molecule has 4 aromatic carbocycles. The van der Waals surface area contributed by atoms with Crippen molar-refractivity contribution in [2.75, 3.05) is 0 Å². The number of allylic oxidation sites excluding steroid dienone is 2. The summed E-state index contributed by atoms with van der Waals surface area (Å²) in [6, 6.07) is 33.1. The fourth-order valence-electron chi connectivity index (χ4n) is 8.79. The van der Waals surface area contributed by atoms with E-state index in [9.17, 15) is 0 Å². The van der Waals surface area contributed by atoms with Gasteiger partial charge in [-0.25, -0.2) is 0 Å². The van der Waals surface area contributed by atoms with Crippen LogP contribution in [0.2, 0.25) is 13.1 Å². The van der Waals surface area contributed by atoms with Gasteiger partial charge in [0.15, 0.2) is 0 Å². The van der Waals surface area contributed by atoms with Gasteiger partial charge in [-0.2, -0.15) is 0 Å². The van der Waals surface area contributed by atoms with Crippen LogP contribution in [0.5, 0.6) is 0 Å². The third-order valence-corrected chi connectivity index (χ3v) is 15.3. The van der Waals surface area contributed by atoms with Crippen LogP contribution in [0.15, 0.2) is 96.1 Å². The summed E-state index contributed by atoms with van der Waals surface area (Å²) in [6.07, 6.45) is 17.8. The topological polar surface area (TPSA) is 0 Å². The molecule has 0 spiro atoms. The van der Waals surface area contributed by atoms with Crippen LogP contribution in [-0.4, -0.2) is 8.07 Å². The standard InChI is InChI=1S/C50H62Si/c1-9-11-13-15-19-43-33-41-21-17-23-45(39-29-25-37(26-30-39)35(3)4)47(41)49(43)51(7,8)50-44(20-16-14-12-10-2)34-42-22-18-24-46(48(42)50)40-31-27-38(28-32-40)36(5)6/h17-18,21-36H,9-16,19-20H2,1-8H3. The molecule has 1 heteroatoms. The van der Waals surface area contributed by atoms with E-state index in [-0.39, 0.29) is 0 Å². The van der Waals surface area contributed by atoms with E-state index in [4.69, 9.17) is 0 Å². The van der Waals surface area contributed by atoms with Gasteiger partial charge < -0.3 is 0 Å². The number of unbranched alkanes of at least 4 members (excludes halogenated alkanes) is 6. The molecule has 0 heterocycles. The lowest BCUT2D eigenvalue weighted by Gasteiger charge is -2.33. The molecule has 0 aliphatic heterocycles. The molecule has 0 nitrogen and oxygen atoms in total. The fourth-order valence-corrected chi connectivity index (χ4v) is 12.8. The molecule has 0 amide bonds. The minimum atomic E-state index is -2.29. The minimum Gasteiger partial charge on any atom is -0.0654 e. The molecule has 0 saturated carbocycles. The van der Waals surface area contributed by atoms with Crippen molar-refractivity contribution in [3.05, 3.63) is 142 Å². The highest BCUT2D eigenvalue weighted by atomic mass is 28.3. The maximum atomic E-state index is 2.69. The Morgan fingerprint density at radius 1 is 0.471 bits per heavy atom. The molecule has 0 atom stereocenters. The van der Waals surface area contributed by atoms with E-state index < -0.39 is 8.07 Å². The highest BCUT2D eigenvalue weighted by Gasteiger charge is 2.43. The summed E-state index contributed by atoms with van der Waals surface area (Å²) in [5, 5.41) is 3.37. The number of benzene rings is 4. The molecule has 4 aromatic rings. The van der Waals surface area contributed by atoms with E-state index in [2.05, 4.69) is 152 Å². The highest BCUT2D eigenvalue weighted by molar-refractivity contribution is 7.09. The van der Waals surface area contributed by atoms with Gasteiger partial charge in [0.2, 0.25) is 0 Å². The van der Waals surface area contributed by atoms with Crippen molar-refractivity contribution >= 4 is 18.5 Å². The van der Waals surface area contributed by atoms with E-state index >= 15 is 0 Å². The summed E-state index contributed by atoms with van der Waals surface area (Å²) in [7, 11) is -2.29. The second kappa shape index (κ2) is 16.5. The molecule has 2 aliphatic carbocycles. The third-order valence-electron chi connectivity index (χ3n) is 11.6. The van der Waals surface area contributed by atoms with Crippen LogP contribution in [0.4, 0.5) is 0 Å². The average Bonchev–Trinajstić information content (AvgIpc) is 3.71. The molecule has 6 rings (SSSR count). The molecule has 0 N–H and O–H groups in total. The summed E-state index contributed by atoms with van der Waals surface area (Å²) in [5.74, 6) is 1.06. The van der Waals surface area contributed by atoms with Gasteiger partial charge in [-0.15, -0.1) is 0 Å². The van der Waals surface area contributed by atoms with Crippen LogP contribution >= 0.6 is 0 Å². The van der Waals surface area contributed by atoms with Crippen LogP contribution in [-0.2, 0) is 0 Å². The summed E-state index contributed by atoms with van der Waals surface area (Å²) in [6.45, 7) is 19.2. The molecule has 2 radical (unpaired) electrons. The molecular formula is C50H62Si. The Morgan fingerprint density at radius 3 is 1.22 bits per heavy atom. The Hall–Kier alpha value is -3.42. The van der Waals surface area contributed by atoms with Gasteiger partial charge in [0.25, 0.3) is 0 Å². The number of hydrogen-bond acceptors (Lipinski definition) is 0. The molecule has 0 fully saturated rings. The van der Waals surface area contributed by atoms with Crippen molar-refractivity contribution in [2.24, 2.45) is 0 Å². The van der Waals surface area contributed by atoms with Gasteiger partial charge in [-0.05, 0) is 104 Å². The zero-order chi connectivity index (χ0) is 36.1. The predicted molar refractivity (Wildman–Crippen MR) is 228 cm³/mol. The first kappa shape index (κ1) is 37.3. The molecule has 0 bridgehead atoms. The van der Waals surface area contributed by atoms with Crippen molar-refractivity contribution in [3.8, 4) is 22.3 Å². The summed E-state index contributed by atoms with van der Waals surface area (Å²) < 4.78 is 0. The smallest absolute Gasteiger partial charge is 0.0654 e. The lowest BCUT2D eigenvalue weighted by Crippen LogP contribution is -2.32. The lowest BCUT2D eigenvalue weighted by molar-refractivity contribution is 0.667. The van der Waals surface area contributed by atoms with Crippen LogP contribution in [0, 0.1) is 12.8 Å². The first-order valence-corrected chi connectivity index (χ1v) is 23.3. The third kappa shape index (κ3) is 7.85. The van der Waals surface area contributed by atoms with Gasteiger partial charge in [-0.3, -0.25) is 0 Å². The fraction of sp³-hybridized carbons (Fsp3) is 0.400. The zero-order valence-corrected chi connectivity index (χ0v) is 34.0. The van der Waals surface area contributed by atoms with Gasteiger partial charge in [-0.1, -0.05) is 189 Å². The first-order valence-electron chi connectivity index (χ1n) is 20.3. The normalized spacial score (nSPS) is 14.3. The van der Waals surface area contributed by atoms with Crippen molar-refractivity contribution in [1.82, 2.24) is 0 Å². The molecule has 266 valence electrons. The van der Waals surface area contributed by atoms with Gasteiger partial charge in [0, 0.05) is 12.8 Å². The Balaban J connectivity index is 1.54. The Bertz CT molecular complexity index is 1720. The zero-order valence-electron chi connectivity index (χ0n) is 33.0. The van der Waals surface area contributed by atoms with Crippen LogP contribution < -0.4 is 0 Å². The second-order valence-corrected chi connectivity index (χ2v) is 20.7. The molecule has 0 unspecified atom stereocenters. The average molecular weight is 691 g/mol. The molecular weight excluding hydrogens is 629 g/mol. The van der Waals surface area contributed by atoms with Gasteiger partial charge in [0.1, 0.15) is 8.07 Å². The maximum Gasteiger partial charge on any atom is 0.113 e.